The van der Waals surface area contributed by atoms with Gasteiger partial charge in [0.1, 0.15) is 0 Å². The van der Waals surface area contributed by atoms with Crippen LogP contribution in [-0.2, 0) is 14.3 Å². The summed E-state index contributed by atoms with van der Waals surface area (Å²) in [6, 6.07) is 16.6. The predicted octanol–water partition coefficient (Wildman–Crippen LogP) is 3.76. The molecule has 0 N–H and O–H groups in total. The first kappa shape index (κ1) is 18.8. The minimum absolute atomic E-state index is 0.174. The molecule has 3 nitrogen and oxygen atoms in total. The Balaban J connectivity index is 2.20. The van der Waals surface area contributed by atoms with Gasteiger partial charge in [0.05, 0.1) is 0 Å². The average Bonchev–Trinajstić information content (AvgIpc) is 2.56. The first-order valence-corrected chi connectivity index (χ1v) is 11.1. The zero-order chi connectivity index (χ0) is 17.4. The Bertz CT molecular complexity index is 766. The molecule has 2 aromatic rings. The molecular weight excluding hydrogens is 387 g/mol. The Morgan fingerprint density at radius 1 is 1.08 bits per heavy atom. The Labute approximate surface area is 151 Å². The van der Waals surface area contributed by atoms with Gasteiger partial charge in [-0.2, -0.15) is 0 Å². The van der Waals surface area contributed by atoms with Crippen molar-refractivity contribution in [1.82, 2.24) is 0 Å². The van der Waals surface area contributed by atoms with Crippen LogP contribution in [0.2, 0.25) is 0 Å². The van der Waals surface area contributed by atoms with E-state index in [-0.39, 0.29) is 19.9 Å². The van der Waals surface area contributed by atoms with Gasteiger partial charge in [-0.25, -0.2) is 0 Å². The molecule has 0 atom stereocenters. The van der Waals surface area contributed by atoms with Crippen molar-refractivity contribution in [2.24, 2.45) is 0 Å². The number of unbranched alkanes of at least 4 members (excludes halogenated alkanes) is 2. The first-order valence-electron chi connectivity index (χ1n) is 7.95. The summed E-state index contributed by atoms with van der Waals surface area (Å²) in [7, 11) is -3.79. The Morgan fingerprint density at radius 2 is 1.75 bits per heavy atom. The van der Waals surface area contributed by atoms with Crippen molar-refractivity contribution in [3.05, 3.63) is 70.9 Å². The zero-order valence-corrected chi connectivity index (χ0v) is 16.5. The number of hydrogen-bond donors (Lipinski definition) is 0. The molecule has 2 rings (SSSR count). The second-order valence-electron chi connectivity index (χ2n) is 5.43. The summed E-state index contributed by atoms with van der Waals surface area (Å²) in [5, 5.41) is 0. The van der Waals surface area contributed by atoms with Gasteiger partial charge in [0.2, 0.25) is 0 Å². The van der Waals surface area contributed by atoms with Crippen LogP contribution in [0.3, 0.4) is 0 Å². The van der Waals surface area contributed by atoms with E-state index < -0.39 is 10.1 Å². The molecule has 0 saturated heterocycles. The van der Waals surface area contributed by atoms with Gasteiger partial charge in [-0.1, -0.05) is 0 Å². The van der Waals surface area contributed by atoms with Crippen molar-refractivity contribution in [2.45, 2.75) is 38.0 Å². The van der Waals surface area contributed by atoms with Crippen molar-refractivity contribution in [2.75, 3.05) is 0 Å². The van der Waals surface area contributed by atoms with Crippen LogP contribution >= 0.6 is 0 Å². The molecule has 24 heavy (non-hydrogen) atoms. The van der Waals surface area contributed by atoms with Crippen LogP contribution in [0.5, 0.6) is 0 Å². The molecule has 128 valence electrons. The van der Waals surface area contributed by atoms with E-state index in [4.69, 9.17) is 4.18 Å². The van der Waals surface area contributed by atoms with Gasteiger partial charge in [-0.05, 0) is 0 Å². The number of rotatable bonds is 8. The topological polar surface area (TPSA) is 43.4 Å². The summed E-state index contributed by atoms with van der Waals surface area (Å²) in [5.41, 5.74) is 1.01. The third-order valence-electron chi connectivity index (χ3n) is 3.33. The number of allylic oxidation sites excluding steroid dienone is 1. The van der Waals surface area contributed by atoms with Crippen molar-refractivity contribution in [1.29, 1.82) is 0 Å². The maximum atomic E-state index is 12.5. The van der Waals surface area contributed by atoms with Crippen LogP contribution < -0.4 is 4.46 Å². The monoisotopic (exact) mass is 410 g/mol. The summed E-state index contributed by atoms with van der Waals surface area (Å²) < 4.78 is 32.2. The molecule has 2 aromatic carbocycles. The van der Waals surface area contributed by atoms with Gasteiger partial charge in [-0.15, -0.1) is 0 Å². The molecule has 0 aliphatic rings. The van der Waals surface area contributed by atoms with Gasteiger partial charge in [0.25, 0.3) is 0 Å². The van der Waals surface area contributed by atoms with E-state index in [0.29, 0.717) is 4.66 Å². The molecule has 0 aromatic heterocycles. The third kappa shape index (κ3) is 5.82. The van der Waals surface area contributed by atoms with Crippen LogP contribution in [0.1, 0.15) is 31.7 Å². The normalized spacial score (nSPS) is 12.2. The van der Waals surface area contributed by atoms with Gasteiger partial charge in [0, 0.05) is 0 Å². The molecule has 0 radical (unpaired) electrons. The van der Waals surface area contributed by atoms with Crippen LogP contribution in [0.15, 0.2) is 70.2 Å². The first-order chi connectivity index (χ1) is 11.5. The molecule has 0 spiro atoms. The van der Waals surface area contributed by atoms with Gasteiger partial charge >= 0.3 is 151 Å². The summed E-state index contributed by atoms with van der Waals surface area (Å²) >= 11 is -0.174. The molecule has 0 aliphatic heterocycles. The van der Waals surface area contributed by atoms with Crippen molar-refractivity contribution in [3.63, 3.8) is 0 Å². The Morgan fingerprint density at radius 3 is 2.38 bits per heavy atom. The van der Waals surface area contributed by atoms with E-state index >= 15 is 0 Å². The van der Waals surface area contributed by atoms with Gasteiger partial charge in [-0.3, -0.25) is 0 Å². The van der Waals surface area contributed by atoms with Crippen LogP contribution in [0, 0.1) is 6.92 Å². The molecular formula is C19H22O3SSe. The van der Waals surface area contributed by atoms with E-state index in [1.165, 1.54) is 0 Å². The standard InChI is InChI=1S/C19H22O3SSe/c1-3-4-6-11-19(24-18-9-7-5-8-10-18)22-23(20,21)17-14-12-16(2)13-15-17/h5,7-15H,3-4,6H2,1-2H3/b19-11-. The molecule has 0 fully saturated rings. The maximum absolute atomic E-state index is 12.5. The summed E-state index contributed by atoms with van der Waals surface area (Å²) in [4.78, 5) is 0.193. The minimum atomic E-state index is -3.79. The second-order valence-corrected chi connectivity index (χ2v) is 9.24. The van der Waals surface area contributed by atoms with E-state index in [1.54, 1.807) is 24.3 Å². The van der Waals surface area contributed by atoms with E-state index in [1.807, 2.05) is 43.3 Å². The van der Waals surface area contributed by atoms with Gasteiger partial charge in [0.15, 0.2) is 0 Å². The fraction of sp³-hybridized carbons (Fsp3) is 0.263. The van der Waals surface area contributed by atoms with Crippen molar-refractivity contribution >= 4 is 29.5 Å². The SMILES string of the molecule is CCCC/C=C(/OS(=O)(=O)c1ccc(C)cc1)[Se]c1ccccc1. The Kier molecular flexibility index (Phi) is 7.10. The summed E-state index contributed by atoms with van der Waals surface area (Å²) in [6.07, 6.45) is 4.82. The predicted molar refractivity (Wildman–Crippen MR) is 98.9 cm³/mol. The van der Waals surface area contributed by atoms with E-state index in [2.05, 4.69) is 6.92 Å². The molecule has 0 amide bonds. The van der Waals surface area contributed by atoms with Crippen LogP contribution in [-0.4, -0.2) is 23.4 Å². The third-order valence-corrected chi connectivity index (χ3v) is 6.83. The van der Waals surface area contributed by atoms with Crippen LogP contribution in [0.4, 0.5) is 0 Å². The average molecular weight is 409 g/mol. The van der Waals surface area contributed by atoms with E-state index in [9.17, 15) is 8.42 Å². The molecule has 0 aliphatic carbocycles. The molecule has 5 heteroatoms. The summed E-state index contributed by atoms with van der Waals surface area (Å²) in [5.74, 6) is 0. The quantitative estimate of drug-likeness (QED) is 0.289. The Hall–Kier alpha value is -1.55. The van der Waals surface area contributed by atoms with Gasteiger partial charge < -0.3 is 0 Å². The fourth-order valence-electron chi connectivity index (χ4n) is 1.98. The number of benzene rings is 2. The molecule has 0 saturated carbocycles. The fourth-order valence-corrected chi connectivity index (χ4v) is 5.17. The number of hydrogen-bond acceptors (Lipinski definition) is 3. The molecule has 0 unspecified atom stereocenters. The molecule has 0 bridgehead atoms. The van der Waals surface area contributed by atoms with Crippen LogP contribution in [0.25, 0.3) is 0 Å². The summed E-state index contributed by atoms with van der Waals surface area (Å²) in [6.45, 7) is 4.03. The zero-order valence-electron chi connectivity index (χ0n) is 13.9. The van der Waals surface area contributed by atoms with E-state index in [0.717, 1.165) is 29.3 Å². The molecule has 0 heterocycles. The second kappa shape index (κ2) is 9.07. The number of aryl methyl sites for hydroxylation is 1. The van der Waals surface area contributed by atoms with Crippen molar-refractivity contribution < 1.29 is 12.6 Å². The van der Waals surface area contributed by atoms with Crippen molar-refractivity contribution in [3.8, 4) is 0 Å².